The lowest BCUT2D eigenvalue weighted by Crippen LogP contribution is -2.39. The number of hydrogen-bond donors (Lipinski definition) is 2. The predicted molar refractivity (Wildman–Crippen MR) is 88.5 cm³/mol. The van der Waals surface area contributed by atoms with Crippen molar-refractivity contribution in [3.8, 4) is 11.5 Å². The minimum Gasteiger partial charge on any atom is -0.493 e. The minimum absolute atomic E-state index is 0.201. The van der Waals surface area contributed by atoms with Crippen molar-refractivity contribution < 1.29 is 9.47 Å². The van der Waals surface area contributed by atoms with Crippen LogP contribution in [0.3, 0.4) is 0 Å². The van der Waals surface area contributed by atoms with Gasteiger partial charge in [-0.15, -0.1) is 0 Å². The fraction of sp³-hybridized carbons (Fsp3) is 0.667. The Morgan fingerprint density at radius 1 is 1.14 bits per heavy atom. The van der Waals surface area contributed by atoms with Crippen LogP contribution in [0.15, 0.2) is 18.2 Å². The smallest absolute Gasteiger partial charge is 0.161 e. The van der Waals surface area contributed by atoms with Crippen molar-refractivity contribution in [2.45, 2.75) is 56.6 Å². The van der Waals surface area contributed by atoms with E-state index in [1.807, 2.05) is 6.07 Å². The molecule has 4 nitrogen and oxygen atoms in total. The predicted octanol–water partition coefficient (Wildman–Crippen LogP) is 2.94. The molecule has 0 bridgehead atoms. The summed E-state index contributed by atoms with van der Waals surface area (Å²) in [7, 11) is 1.69. The maximum absolute atomic E-state index is 6.67. The van der Waals surface area contributed by atoms with Crippen molar-refractivity contribution in [1.82, 2.24) is 5.32 Å². The normalized spacial score (nSPS) is 24.7. The third-order valence-corrected chi connectivity index (χ3v) is 5.03. The van der Waals surface area contributed by atoms with Crippen LogP contribution in [0.4, 0.5) is 0 Å². The molecule has 0 aromatic heterocycles. The summed E-state index contributed by atoms with van der Waals surface area (Å²) in [4.78, 5) is 0. The van der Waals surface area contributed by atoms with Gasteiger partial charge in [-0.25, -0.2) is 0 Å². The molecule has 1 aromatic rings. The molecule has 3 rings (SSSR count). The van der Waals surface area contributed by atoms with Gasteiger partial charge in [-0.05, 0) is 49.9 Å². The molecule has 2 aliphatic rings. The SMILES string of the molecule is COc1ccc(C2(N)CCCCC2)cc1OC1CCCNC1. The standard InChI is InChI=1S/C18H28N2O2/c1-21-16-8-7-14(18(19)9-3-2-4-10-18)12-17(16)22-15-6-5-11-20-13-15/h7-8,12,15,20H,2-6,9-11,13,19H2,1H3. The largest absolute Gasteiger partial charge is 0.493 e. The van der Waals surface area contributed by atoms with Crippen LogP contribution in [0.1, 0.15) is 50.5 Å². The van der Waals surface area contributed by atoms with Gasteiger partial charge in [-0.2, -0.15) is 0 Å². The summed E-state index contributed by atoms with van der Waals surface area (Å²) in [5.74, 6) is 1.64. The maximum atomic E-state index is 6.67. The van der Waals surface area contributed by atoms with Gasteiger partial charge in [0.05, 0.1) is 7.11 Å². The van der Waals surface area contributed by atoms with Crippen LogP contribution < -0.4 is 20.5 Å². The van der Waals surface area contributed by atoms with E-state index in [9.17, 15) is 0 Å². The number of hydrogen-bond acceptors (Lipinski definition) is 4. The Balaban J connectivity index is 1.82. The van der Waals surface area contributed by atoms with Crippen LogP contribution in [-0.2, 0) is 5.54 Å². The molecule has 1 aliphatic carbocycles. The molecule has 0 amide bonds. The zero-order chi connectivity index (χ0) is 15.4. The lowest BCUT2D eigenvalue weighted by Gasteiger charge is -2.34. The van der Waals surface area contributed by atoms with E-state index in [4.69, 9.17) is 15.2 Å². The van der Waals surface area contributed by atoms with Crippen LogP contribution in [-0.4, -0.2) is 26.3 Å². The number of ether oxygens (including phenoxy) is 2. The van der Waals surface area contributed by atoms with Gasteiger partial charge in [-0.1, -0.05) is 25.3 Å². The molecular weight excluding hydrogens is 276 g/mol. The average molecular weight is 304 g/mol. The fourth-order valence-corrected chi connectivity index (χ4v) is 3.65. The first-order chi connectivity index (χ1) is 10.7. The monoisotopic (exact) mass is 304 g/mol. The first kappa shape index (κ1) is 15.6. The second-order valence-electron chi connectivity index (χ2n) is 6.67. The highest BCUT2D eigenvalue weighted by Gasteiger charge is 2.30. The van der Waals surface area contributed by atoms with Crippen LogP contribution in [0, 0.1) is 0 Å². The molecule has 0 radical (unpaired) electrons. The van der Waals surface area contributed by atoms with Crippen molar-refractivity contribution >= 4 is 0 Å². The Labute approximate surface area is 133 Å². The Morgan fingerprint density at radius 2 is 1.95 bits per heavy atom. The molecule has 1 atom stereocenters. The van der Waals surface area contributed by atoms with E-state index < -0.39 is 0 Å². The highest BCUT2D eigenvalue weighted by Crippen LogP contribution is 2.39. The second-order valence-corrected chi connectivity index (χ2v) is 6.67. The molecule has 122 valence electrons. The zero-order valence-electron chi connectivity index (χ0n) is 13.6. The third kappa shape index (κ3) is 3.39. The van der Waals surface area contributed by atoms with Crippen molar-refractivity contribution in [2.24, 2.45) is 5.73 Å². The average Bonchev–Trinajstić information content (AvgIpc) is 2.56. The van der Waals surface area contributed by atoms with E-state index in [2.05, 4.69) is 17.4 Å². The van der Waals surface area contributed by atoms with Gasteiger partial charge >= 0.3 is 0 Å². The van der Waals surface area contributed by atoms with E-state index in [-0.39, 0.29) is 11.6 Å². The van der Waals surface area contributed by atoms with Gasteiger partial charge in [0.1, 0.15) is 6.10 Å². The lowest BCUT2D eigenvalue weighted by molar-refractivity contribution is 0.160. The number of benzene rings is 1. The number of methoxy groups -OCH3 is 1. The summed E-state index contributed by atoms with van der Waals surface area (Å²) >= 11 is 0. The van der Waals surface area contributed by atoms with Gasteiger partial charge in [0.2, 0.25) is 0 Å². The summed E-state index contributed by atoms with van der Waals surface area (Å²) in [5, 5.41) is 3.39. The van der Waals surface area contributed by atoms with Gasteiger partial charge in [0.25, 0.3) is 0 Å². The zero-order valence-corrected chi connectivity index (χ0v) is 13.6. The summed E-state index contributed by atoms with van der Waals surface area (Å²) in [6.07, 6.45) is 8.32. The Kier molecular flexibility index (Phi) is 4.89. The van der Waals surface area contributed by atoms with Crippen LogP contribution >= 0.6 is 0 Å². The highest BCUT2D eigenvalue weighted by atomic mass is 16.5. The number of nitrogens with two attached hydrogens (primary N) is 1. The summed E-state index contributed by atoms with van der Waals surface area (Å²) in [6.45, 7) is 1.99. The van der Waals surface area contributed by atoms with Gasteiger partial charge in [0.15, 0.2) is 11.5 Å². The quantitative estimate of drug-likeness (QED) is 0.898. The molecule has 4 heteroatoms. The highest BCUT2D eigenvalue weighted by molar-refractivity contribution is 5.45. The van der Waals surface area contributed by atoms with Crippen LogP contribution in [0.2, 0.25) is 0 Å². The topological polar surface area (TPSA) is 56.5 Å². The Morgan fingerprint density at radius 3 is 2.64 bits per heavy atom. The molecule has 22 heavy (non-hydrogen) atoms. The number of piperidine rings is 1. The fourth-order valence-electron chi connectivity index (χ4n) is 3.65. The van der Waals surface area contributed by atoms with Crippen LogP contribution in [0.25, 0.3) is 0 Å². The molecule has 1 heterocycles. The van der Waals surface area contributed by atoms with Crippen molar-refractivity contribution in [3.63, 3.8) is 0 Å². The first-order valence-electron chi connectivity index (χ1n) is 8.56. The van der Waals surface area contributed by atoms with Crippen molar-refractivity contribution in [1.29, 1.82) is 0 Å². The summed E-state index contributed by atoms with van der Waals surface area (Å²) in [6, 6.07) is 6.22. The van der Waals surface area contributed by atoms with E-state index in [0.717, 1.165) is 50.3 Å². The third-order valence-electron chi connectivity index (χ3n) is 5.03. The molecule has 1 aromatic carbocycles. The molecular formula is C18H28N2O2. The number of nitrogens with one attached hydrogen (secondary N) is 1. The minimum atomic E-state index is -0.201. The number of rotatable bonds is 4. The molecule has 3 N–H and O–H groups in total. The van der Waals surface area contributed by atoms with Gasteiger partial charge < -0.3 is 20.5 Å². The molecule has 1 saturated heterocycles. The Hall–Kier alpha value is -1.26. The molecule has 0 spiro atoms. The van der Waals surface area contributed by atoms with Crippen molar-refractivity contribution in [2.75, 3.05) is 20.2 Å². The summed E-state index contributed by atoms with van der Waals surface area (Å²) < 4.78 is 11.7. The van der Waals surface area contributed by atoms with E-state index in [1.165, 1.54) is 24.8 Å². The second kappa shape index (κ2) is 6.88. The lowest BCUT2D eigenvalue weighted by atomic mass is 9.77. The van der Waals surface area contributed by atoms with Gasteiger partial charge in [-0.3, -0.25) is 0 Å². The van der Waals surface area contributed by atoms with Crippen LogP contribution in [0.5, 0.6) is 11.5 Å². The maximum Gasteiger partial charge on any atom is 0.161 e. The molecule has 1 aliphatic heterocycles. The molecule has 2 fully saturated rings. The van der Waals surface area contributed by atoms with Crippen molar-refractivity contribution in [3.05, 3.63) is 23.8 Å². The molecule has 1 saturated carbocycles. The summed E-state index contributed by atoms with van der Waals surface area (Å²) in [5.41, 5.74) is 7.65. The Bertz CT molecular complexity index is 492. The van der Waals surface area contributed by atoms with E-state index >= 15 is 0 Å². The van der Waals surface area contributed by atoms with E-state index in [1.54, 1.807) is 7.11 Å². The molecule has 1 unspecified atom stereocenters. The van der Waals surface area contributed by atoms with Gasteiger partial charge in [0, 0.05) is 12.1 Å². The first-order valence-corrected chi connectivity index (χ1v) is 8.56. The van der Waals surface area contributed by atoms with E-state index in [0.29, 0.717) is 0 Å².